The van der Waals surface area contributed by atoms with Crippen molar-refractivity contribution in [1.29, 1.82) is 0 Å². The molecule has 0 radical (unpaired) electrons. The van der Waals surface area contributed by atoms with E-state index in [1.54, 1.807) is 0 Å². The van der Waals surface area contributed by atoms with Crippen molar-refractivity contribution in [2.75, 3.05) is 59.8 Å². The molecule has 0 saturated carbocycles. The Labute approximate surface area is 141 Å². The molecule has 0 amide bonds. The SMILES string of the molecule is CC1OCCOCCOC(C)C(C)OCCN(C)CCOC1C. The van der Waals surface area contributed by atoms with Gasteiger partial charge in [0.05, 0.1) is 64.1 Å². The number of hydrogen-bond donors (Lipinski definition) is 0. The Balaban J connectivity index is 2.40. The van der Waals surface area contributed by atoms with Crippen LogP contribution >= 0.6 is 0 Å². The number of rotatable bonds is 0. The highest BCUT2D eigenvalue weighted by Crippen LogP contribution is 2.05. The third-order valence-corrected chi connectivity index (χ3v) is 4.25. The first-order valence-electron chi connectivity index (χ1n) is 8.73. The average molecular weight is 333 g/mol. The fraction of sp³-hybridized carbons (Fsp3) is 1.00. The Hall–Kier alpha value is -0.240. The molecule has 4 atom stereocenters. The normalized spacial score (nSPS) is 35.3. The van der Waals surface area contributed by atoms with E-state index in [1.165, 1.54) is 0 Å². The fourth-order valence-electron chi connectivity index (χ4n) is 2.13. The molecule has 0 aromatic heterocycles. The number of nitrogens with zero attached hydrogens (tertiary/aromatic N) is 1. The Morgan fingerprint density at radius 3 is 1.30 bits per heavy atom. The lowest BCUT2D eigenvalue weighted by molar-refractivity contribution is -0.0911. The molecule has 0 aromatic carbocycles. The molecule has 0 aliphatic carbocycles. The molecule has 1 aliphatic rings. The standard InChI is InChI=1S/C17H35NO5/c1-14-16(3)22-12-10-19-11-13-23-17(4)15(2)21-9-7-18(5)6-8-20-14/h14-17H,6-13H2,1-5H3. The predicted molar refractivity (Wildman–Crippen MR) is 90.0 cm³/mol. The quantitative estimate of drug-likeness (QED) is 0.671. The summed E-state index contributed by atoms with van der Waals surface area (Å²) in [5.74, 6) is 0. The maximum Gasteiger partial charge on any atom is 0.0807 e. The molecule has 0 bridgehead atoms. The Bertz CT molecular complexity index is 266. The van der Waals surface area contributed by atoms with Crippen molar-refractivity contribution in [3.05, 3.63) is 0 Å². The molecule has 138 valence electrons. The molecular formula is C17H35NO5. The van der Waals surface area contributed by atoms with Crippen molar-refractivity contribution < 1.29 is 23.7 Å². The van der Waals surface area contributed by atoms with Gasteiger partial charge in [0.15, 0.2) is 0 Å². The van der Waals surface area contributed by atoms with Crippen molar-refractivity contribution in [1.82, 2.24) is 4.90 Å². The van der Waals surface area contributed by atoms with E-state index in [1.807, 2.05) is 27.7 Å². The van der Waals surface area contributed by atoms with E-state index < -0.39 is 0 Å². The molecule has 0 spiro atoms. The minimum Gasteiger partial charge on any atom is -0.377 e. The second-order valence-corrected chi connectivity index (χ2v) is 6.22. The van der Waals surface area contributed by atoms with Gasteiger partial charge in [0, 0.05) is 13.1 Å². The van der Waals surface area contributed by atoms with Crippen LogP contribution in [-0.2, 0) is 23.7 Å². The highest BCUT2D eigenvalue weighted by molar-refractivity contribution is 4.63. The van der Waals surface area contributed by atoms with Crippen LogP contribution in [0.1, 0.15) is 27.7 Å². The van der Waals surface area contributed by atoms with Crippen LogP contribution in [0.5, 0.6) is 0 Å². The van der Waals surface area contributed by atoms with Gasteiger partial charge >= 0.3 is 0 Å². The van der Waals surface area contributed by atoms with Gasteiger partial charge in [-0.3, -0.25) is 0 Å². The van der Waals surface area contributed by atoms with Crippen molar-refractivity contribution in [2.45, 2.75) is 52.1 Å². The monoisotopic (exact) mass is 333 g/mol. The van der Waals surface area contributed by atoms with E-state index >= 15 is 0 Å². The fourth-order valence-corrected chi connectivity index (χ4v) is 2.13. The summed E-state index contributed by atoms with van der Waals surface area (Å²) in [7, 11) is 2.08. The van der Waals surface area contributed by atoms with Crippen LogP contribution in [0.2, 0.25) is 0 Å². The predicted octanol–water partition coefficient (Wildman–Crippen LogP) is 1.57. The summed E-state index contributed by atoms with van der Waals surface area (Å²) in [5, 5.41) is 0. The second-order valence-electron chi connectivity index (χ2n) is 6.22. The van der Waals surface area contributed by atoms with Gasteiger partial charge in [0.25, 0.3) is 0 Å². The van der Waals surface area contributed by atoms with Crippen LogP contribution < -0.4 is 0 Å². The van der Waals surface area contributed by atoms with E-state index in [4.69, 9.17) is 23.7 Å². The summed E-state index contributed by atoms with van der Waals surface area (Å²) < 4.78 is 28.7. The molecule has 1 rings (SSSR count). The van der Waals surface area contributed by atoms with Crippen molar-refractivity contribution in [3.8, 4) is 0 Å². The summed E-state index contributed by atoms with van der Waals surface area (Å²) in [6, 6.07) is 0. The van der Waals surface area contributed by atoms with Gasteiger partial charge in [-0.05, 0) is 34.7 Å². The minimum absolute atomic E-state index is 0.0586. The lowest BCUT2D eigenvalue weighted by atomic mass is 10.2. The van der Waals surface area contributed by atoms with Crippen LogP contribution in [0.25, 0.3) is 0 Å². The topological polar surface area (TPSA) is 49.4 Å². The Kier molecular flexibility index (Phi) is 11.0. The molecule has 4 unspecified atom stereocenters. The molecule has 1 saturated heterocycles. The zero-order valence-corrected chi connectivity index (χ0v) is 15.5. The van der Waals surface area contributed by atoms with E-state index in [9.17, 15) is 0 Å². The summed E-state index contributed by atoms with van der Waals surface area (Å²) in [4.78, 5) is 2.22. The zero-order chi connectivity index (χ0) is 17.1. The first-order valence-corrected chi connectivity index (χ1v) is 8.73. The number of ether oxygens (including phenoxy) is 5. The third-order valence-electron chi connectivity index (χ3n) is 4.25. The van der Waals surface area contributed by atoms with Crippen molar-refractivity contribution in [3.63, 3.8) is 0 Å². The molecule has 1 aliphatic heterocycles. The molecule has 1 heterocycles. The minimum atomic E-state index is 0.0586. The van der Waals surface area contributed by atoms with Gasteiger partial charge in [-0.25, -0.2) is 0 Å². The van der Waals surface area contributed by atoms with Crippen LogP contribution in [0, 0.1) is 0 Å². The molecule has 6 heteroatoms. The van der Waals surface area contributed by atoms with Gasteiger partial charge in [0.1, 0.15) is 0 Å². The summed E-state index contributed by atoms with van der Waals surface area (Å²) in [5.41, 5.74) is 0. The highest BCUT2D eigenvalue weighted by atomic mass is 16.6. The molecule has 23 heavy (non-hydrogen) atoms. The average Bonchev–Trinajstić information content (AvgIpc) is 2.52. The van der Waals surface area contributed by atoms with Crippen LogP contribution in [0.15, 0.2) is 0 Å². The van der Waals surface area contributed by atoms with E-state index in [0.717, 1.165) is 13.1 Å². The molecule has 0 N–H and O–H groups in total. The van der Waals surface area contributed by atoms with Crippen LogP contribution in [0.3, 0.4) is 0 Å². The van der Waals surface area contributed by atoms with Crippen LogP contribution in [0.4, 0.5) is 0 Å². The third kappa shape index (κ3) is 9.59. The van der Waals surface area contributed by atoms with Crippen molar-refractivity contribution >= 4 is 0 Å². The molecule has 0 aromatic rings. The maximum absolute atomic E-state index is 5.84. The smallest absolute Gasteiger partial charge is 0.0807 e. The van der Waals surface area contributed by atoms with Gasteiger partial charge in [-0.2, -0.15) is 0 Å². The first-order chi connectivity index (χ1) is 11.0. The zero-order valence-electron chi connectivity index (χ0n) is 15.5. The van der Waals surface area contributed by atoms with Crippen LogP contribution in [-0.4, -0.2) is 89.1 Å². The highest BCUT2D eigenvalue weighted by Gasteiger charge is 2.15. The summed E-state index contributed by atoms with van der Waals surface area (Å²) in [6.45, 7) is 13.6. The van der Waals surface area contributed by atoms with Gasteiger partial charge in [-0.1, -0.05) is 0 Å². The summed E-state index contributed by atoms with van der Waals surface area (Å²) in [6.07, 6.45) is 0.261. The van der Waals surface area contributed by atoms with Gasteiger partial charge in [-0.15, -0.1) is 0 Å². The largest absolute Gasteiger partial charge is 0.377 e. The number of hydrogen-bond acceptors (Lipinski definition) is 6. The molecule has 1 fully saturated rings. The Morgan fingerprint density at radius 2 is 0.913 bits per heavy atom. The van der Waals surface area contributed by atoms with Gasteiger partial charge < -0.3 is 28.6 Å². The lowest BCUT2D eigenvalue weighted by Gasteiger charge is -2.25. The van der Waals surface area contributed by atoms with E-state index in [-0.39, 0.29) is 24.4 Å². The van der Waals surface area contributed by atoms with Gasteiger partial charge in [0.2, 0.25) is 0 Å². The van der Waals surface area contributed by atoms with E-state index in [0.29, 0.717) is 39.6 Å². The van der Waals surface area contributed by atoms with E-state index in [2.05, 4.69) is 11.9 Å². The van der Waals surface area contributed by atoms with Crippen molar-refractivity contribution in [2.24, 2.45) is 0 Å². The molecule has 6 nitrogen and oxygen atoms in total. The number of likely N-dealkylation sites (N-methyl/N-ethyl adjacent to an activating group) is 1. The second kappa shape index (κ2) is 12.2. The maximum atomic E-state index is 5.84. The summed E-state index contributed by atoms with van der Waals surface area (Å²) >= 11 is 0. The molecular weight excluding hydrogens is 298 g/mol. The lowest BCUT2D eigenvalue weighted by Crippen LogP contribution is -2.34. The first kappa shape index (κ1) is 20.8. The Morgan fingerprint density at radius 1 is 0.565 bits per heavy atom.